The Kier molecular flexibility index (Phi) is 8.61. The van der Waals surface area contributed by atoms with Crippen molar-refractivity contribution >= 4 is 27.3 Å². The molecule has 4 N–H and O–H groups in total. The van der Waals surface area contributed by atoms with Crippen molar-refractivity contribution in [3.63, 3.8) is 0 Å². The molecule has 0 bridgehead atoms. The highest BCUT2D eigenvalue weighted by Crippen LogP contribution is 2.27. The zero-order valence-corrected chi connectivity index (χ0v) is 22.4. The van der Waals surface area contributed by atoms with E-state index in [1.807, 2.05) is 51.1 Å². The topological polar surface area (TPSA) is 157 Å². The van der Waals surface area contributed by atoms with Crippen LogP contribution in [-0.4, -0.2) is 46.5 Å². The molecule has 0 aliphatic rings. The molecule has 2 heterocycles. The minimum Gasteiger partial charge on any atom is -0.396 e. The fraction of sp³-hybridized carbons (Fsp3) is 0.308. The third kappa shape index (κ3) is 7.58. The zero-order valence-electron chi connectivity index (χ0n) is 21.6. The van der Waals surface area contributed by atoms with Crippen molar-refractivity contribution in [3.8, 4) is 11.5 Å². The van der Waals surface area contributed by atoms with Crippen molar-refractivity contribution in [3.05, 3.63) is 71.7 Å². The molecule has 0 aliphatic heterocycles. The summed E-state index contributed by atoms with van der Waals surface area (Å²) in [5, 5.41) is 15.5. The van der Waals surface area contributed by atoms with Gasteiger partial charge in [0.05, 0.1) is 4.90 Å². The van der Waals surface area contributed by atoms with E-state index in [-0.39, 0.29) is 34.6 Å². The summed E-state index contributed by atoms with van der Waals surface area (Å²) in [4.78, 5) is 13.1. The second-order valence-electron chi connectivity index (χ2n) is 9.50. The first-order valence-corrected chi connectivity index (χ1v) is 13.5. The summed E-state index contributed by atoms with van der Waals surface area (Å²) in [5.41, 5.74) is 8.69. The number of aliphatic hydroxyl groups excluding tert-OH is 1. The fourth-order valence-corrected chi connectivity index (χ4v) is 4.26. The smallest absolute Gasteiger partial charge is 0.263 e. The molecule has 0 amide bonds. The lowest BCUT2D eigenvalue weighted by Gasteiger charge is -2.11. The Morgan fingerprint density at radius 3 is 2.32 bits per heavy atom. The Labute approximate surface area is 216 Å². The molecule has 0 fully saturated rings. The maximum Gasteiger partial charge on any atom is 0.263 e. The first kappa shape index (κ1) is 27.8. The van der Waals surface area contributed by atoms with Gasteiger partial charge in [-0.05, 0) is 42.7 Å². The lowest BCUT2D eigenvalue weighted by Crippen LogP contribution is -2.13. The fourth-order valence-electron chi connectivity index (χ4n) is 3.30. The number of nitrogens with two attached hydrogens (primary N) is 1. The van der Waals surface area contributed by atoms with Crippen molar-refractivity contribution in [1.29, 1.82) is 0 Å². The van der Waals surface area contributed by atoms with Crippen LogP contribution in [0.3, 0.4) is 0 Å². The Balaban J connectivity index is 0.000000356. The number of aliphatic hydroxyl groups is 1. The van der Waals surface area contributed by atoms with Crippen molar-refractivity contribution in [2.24, 2.45) is 0 Å². The van der Waals surface area contributed by atoms with Crippen LogP contribution in [0.1, 0.15) is 37.7 Å². The minimum absolute atomic E-state index is 0.186. The predicted molar refractivity (Wildman–Crippen MR) is 143 cm³/mol. The molecule has 2 aromatic heterocycles. The summed E-state index contributed by atoms with van der Waals surface area (Å²) in [5.74, 6) is 1.27. The van der Waals surface area contributed by atoms with Gasteiger partial charge in [0, 0.05) is 30.2 Å². The van der Waals surface area contributed by atoms with E-state index in [0.29, 0.717) is 22.6 Å². The molecule has 10 nitrogen and oxygen atoms in total. The highest BCUT2D eigenvalue weighted by Gasteiger charge is 2.23. The third-order valence-electron chi connectivity index (χ3n) is 5.22. The van der Waals surface area contributed by atoms with Crippen molar-refractivity contribution in [2.45, 2.75) is 44.4 Å². The molecule has 37 heavy (non-hydrogen) atoms. The zero-order chi connectivity index (χ0) is 27.2. The molecule has 2 aromatic carbocycles. The van der Waals surface area contributed by atoms with Crippen LogP contribution >= 0.6 is 0 Å². The van der Waals surface area contributed by atoms with Gasteiger partial charge in [0.1, 0.15) is 11.4 Å². The molecular weight excluding hydrogens is 492 g/mol. The van der Waals surface area contributed by atoms with E-state index < -0.39 is 9.84 Å². The molecule has 11 heteroatoms. The summed E-state index contributed by atoms with van der Waals surface area (Å²) in [6.45, 7) is 7.90. The predicted octanol–water partition coefficient (Wildman–Crippen LogP) is 4.08. The number of hydrogen-bond donors (Lipinski definition) is 3. The van der Waals surface area contributed by atoms with Crippen LogP contribution in [0.2, 0.25) is 0 Å². The van der Waals surface area contributed by atoms with Gasteiger partial charge in [-0.1, -0.05) is 56.3 Å². The summed E-state index contributed by atoms with van der Waals surface area (Å²) in [7, 11) is -3.28. The van der Waals surface area contributed by atoms with Crippen molar-refractivity contribution in [2.75, 3.05) is 23.9 Å². The second kappa shape index (κ2) is 11.5. The van der Waals surface area contributed by atoms with Gasteiger partial charge in [0.25, 0.3) is 5.89 Å². The Hall–Kier alpha value is -3.83. The van der Waals surface area contributed by atoms with Crippen LogP contribution in [-0.2, 0) is 21.7 Å². The molecule has 0 aliphatic carbocycles. The average Bonchev–Trinajstić information content (AvgIpc) is 3.30. The van der Waals surface area contributed by atoms with E-state index in [1.165, 1.54) is 24.1 Å². The van der Waals surface area contributed by atoms with Gasteiger partial charge < -0.3 is 20.7 Å². The van der Waals surface area contributed by atoms with Crippen LogP contribution in [0.5, 0.6) is 0 Å². The number of anilines is 3. The highest BCUT2D eigenvalue weighted by atomic mass is 32.2. The van der Waals surface area contributed by atoms with E-state index in [4.69, 9.17) is 15.4 Å². The number of aryl methyl sites for hydroxylation is 1. The van der Waals surface area contributed by atoms with Crippen LogP contribution in [0.4, 0.5) is 17.5 Å². The van der Waals surface area contributed by atoms with Gasteiger partial charge in [-0.2, -0.15) is 9.97 Å². The number of rotatable bonds is 6. The highest BCUT2D eigenvalue weighted by molar-refractivity contribution is 7.90. The molecule has 0 spiro atoms. The van der Waals surface area contributed by atoms with Crippen LogP contribution in [0, 0.1) is 6.92 Å². The molecule has 0 saturated heterocycles. The first-order valence-electron chi connectivity index (χ1n) is 11.6. The largest absolute Gasteiger partial charge is 0.396 e. The number of benzene rings is 2. The number of aromatic nitrogens is 4. The lowest BCUT2D eigenvalue weighted by molar-refractivity contribution is 0.299. The van der Waals surface area contributed by atoms with E-state index in [9.17, 15) is 8.42 Å². The van der Waals surface area contributed by atoms with Gasteiger partial charge in [-0.3, -0.25) is 0 Å². The summed E-state index contributed by atoms with van der Waals surface area (Å²) >= 11 is 0. The van der Waals surface area contributed by atoms with Crippen LogP contribution in [0.25, 0.3) is 11.5 Å². The Bertz CT molecular complexity index is 1450. The van der Waals surface area contributed by atoms with E-state index in [1.54, 1.807) is 19.1 Å². The normalized spacial score (nSPS) is 11.5. The molecule has 4 rings (SSSR count). The standard InChI is InChI=1S/C18H22N6O3S.C8H10O/c1-10-8-11(6-7-13(10)28(5,25)26)21-17-20-9-12(14(19)22-17)15-23-16(24-27-15)18(2,3)4;9-7-6-8-4-2-1-3-5-8/h6-9H,1-5H3,(H3,19,20,21,22);1-5,9H,6-7H2. The van der Waals surface area contributed by atoms with Crippen LogP contribution in [0.15, 0.2) is 64.1 Å². The van der Waals surface area contributed by atoms with Gasteiger partial charge in [0.2, 0.25) is 5.95 Å². The molecule has 196 valence electrons. The Morgan fingerprint density at radius 1 is 1.08 bits per heavy atom. The molecule has 0 saturated carbocycles. The number of nitrogen functional groups attached to an aromatic ring is 1. The number of nitrogens with zero attached hydrogens (tertiary/aromatic N) is 4. The molecule has 0 unspecified atom stereocenters. The monoisotopic (exact) mass is 524 g/mol. The SMILES string of the molecule is Cc1cc(Nc2ncc(-c3nc(C(C)(C)C)no3)c(N)n2)ccc1S(C)(=O)=O.OCCc1ccccc1. The molecule has 0 radical (unpaired) electrons. The number of hydrogen-bond acceptors (Lipinski definition) is 10. The van der Waals surface area contributed by atoms with E-state index in [0.717, 1.165) is 6.42 Å². The second-order valence-corrected chi connectivity index (χ2v) is 11.5. The van der Waals surface area contributed by atoms with Crippen LogP contribution < -0.4 is 11.1 Å². The van der Waals surface area contributed by atoms with Gasteiger partial charge in [-0.15, -0.1) is 0 Å². The average molecular weight is 525 g/mol. The molecule has 4 aromatic rings. The molecular formula is C26H32N6O4S. The lowest BCUT2D eigenvalue weighted by atomic mass is 9.96. The van der Waals surface area contributed by atoms with Gasteiger partial charge in [0.15, 0.2) is 15.7 Å². The van der Waals surface area contributed by atoms with Crippen molar-refractivity contribution in [1.82, 2.24) is 20.1 Å². The summed E-state index contributed by atoms with van der Waals surface area (Å²) in [6.07, 6.45) is 3.44. The van der Waals surface area contributed by atoms with Gasteiger partial charge >= 0.3 is 0 Å². The minimum atomic E-state index is -3.28. The number of nitrogens with one attached hydrogen (secondary N) is 1. The van der Waals surface area contributed by atoms with Crippen molar-refractivity contribution < 1.29 is 18.0 Å². The van der Waals surface area contributed by atoms with E-state index in [2.05, 4.69) is 25.4 Å². The van der Waals surface area contributed by atoms with E-state index >= 15 is 0 Å². The maximum absolute atomic E-state index is 11.7. The maximum atomic E-state index is 11.7. The number of sulfone groups is 1. The van der Waals surface area contributed by atoms with Gasteiger partial charge in [-0.25, -0.2) is 13.4 Å². The first-order chi connectivity index (χ1) is 17.4. The quantitative estimate of drug-likeness (QED) is 0.335. The third-order valence-corrected chi connectivity index (χ3v) is 6.48. The molecule has 0 atom stereocenters. The summed E-state index contributed by atoms with van der Waals surface area (Å²) < 4.78 is 28.7. The Morgan fingerprint density at radius 2 is 1.78 bits per heavy atom. The summed E-state index contributed by atoms with van der Waals surface area (Å²) in [6, 6.07) is 14.8.